The molecular formula is C8H9N3O2. The lowest BCUT2D eigenvalue weighted by atomic mass is 10.2. The van der Waals surface area contributed by atoms with Gasteiger partial charge in [0, 0.05) is 0 Å². The predicted octanol–water partition coefficient (Wildman–Crippen LogP) is 0.782. The third-order valence-corrected chi connectivity index (χ3v) is 1.87. The monoisotopic (exact) mass is 179 g/mol. The Morgan fingerprint density at radius 1 is 1.54 bits per heavy atom. The maximum Gasteiger partial charge on any atom is 0.265 e. The second-order valence-corrected chi connectivity index (χ2v) is 2.81. The zero-order valence-electron chi connectivity index (χ0n) is 7.42. The fraction of sp³-hybridized carbons (Fsp3) is 0.375. The van der Waals surface area contributed by atoms with Gasteiger partial charge < -0.3 is 9.51 Å². The molecule has 0 unspecified atom stereocenters. The van der Waals surface area contributed by atoms with Crippen molar-refractivity contribution in [2.24, 2.45) is 0 Å². The zero-order chi connectivity index (χ0) is 9.42. The van der Waals surface area contributed by atoms with Crippen LogP contribution < -0.4 is 5.56 Å². The number of rotatable bonds is 1. The molecule has 0 aromatic carbocycles. The third-order valence-electron chi connectivity index (χ3n) is 1.87. The van der Waals surface area contributed by atoms with Crippen molar-refractivity contribution in [3.63, 3.8) is 0 Å². The molecule has 0 saturated heterocycles. The van der Waals surface area contributed by atoms with Crippen molar-refractivity contribution in [1.82, 2.24) is 15.1 Å². The van der Waals surface area contributed by atoms with Gasteiger partial charge in [0.25, 0.3) is 11.3 Å². The normalized spacial score (nSPS) is 10.9. The lowest BCUT2D eigenvalue weighted by Crippen LogP contribution is -2.09. The minimum Gasteiger partial charge on any atom is -0.335 e. The van der Waals surface area contributed by atoms with Crippen molar-refractivity contribution in [2.75, 3.05) is 0 Å². The van der Waals surface area contributed by atoms with Gasteiger partial charge in [-0.2, -0.15) is 4.98 Å². The molecule has 0 atom stereocenters. The summed E-state index contributed by atoms with van der Waals surface area (Å²) in [5.74, 6) is 0.538. The molecule has 0 spiro atoms. The molecule has 2 aromatic heterocycles. The summed E-state index contributed by atoms with van der Waals surface area (Å²) < 4.78 is 4.92. The molecule has 1 N–H and O–H groups in total. The van der Waals surface area contributed by atoms with Gasteiger partial charge in [0.2, 0.25) is 0 Å². The highest BCUT2D eigenvalue weighted by molar-refractivity contribution is 5.74. The molecule has 2 aromatic rings. The van der Waals surface area contributed by atoms with Crippen LogP contribution in [0, 0.1) is 6.92 Å². The lowest BCUT2D eigenvalue weighted by Gasteiger charge is -1.90. The largest absolute Gasteiger partial charge is 0.335 e. The Hall–Kier alpha value is -1.65. The second-order valence-electron chi connectivity index (χ2n) is 2.81. The minimum atomic E-state index is -0.180. The molecule has 0 fully saturated rings. The Bertz CT molecular complexity index is 498. The van der Waals surface area contributed by atoms with Crippen molar-refractivity contribution < 1.29 is 4.52 Å². The molecule has 0 amide bonds. The average Bonchev–Trinajstić information content (AvgIpc) is 2.47. The number of hydrogen-bond acceptors (Lipinski definition) is 4. The molecule has 0 saturated carbocycles. The summed E-state index contributed by atoms with van der Waals surface area (Å²) in [6, 6.07) is 0. The smallest absolute Gasteiger partial charge is 0.265 e. The van der Waals surface area contributed by atoms with E-state index in [1.54, 1.807) is 6.92 Å². The second kappa shape index (κ2) is 2.69. The van der Waals surface area contributed by atoms with E-state index in [1.165, 1.54) is 0 Å². The summed E-state index contributed by atoms with van der Waals surface area (Å²) >= 11 is 0. The molecule has 0 aliphatic carbocycles. The van der Waals surface area contributed by atoms with Gasteiger partial charge in [-0.1, -0.05) is 12.1 Å². The van der Waals surface area contributed by atoms with E-state index in [0.717, 1.165) is 0 Å². The van der Waals surface area contributed by atoms with E-state index >= 15 is 0 Å². The van der Waals surface area contributed by atoms with E-state index in [4.69, 9.17) is 4.52 Å². The first-order chi connectivity index (χ1) is 6.22. The van der Waals surface area contributed by atoms with E-state index in [9.17, 15) is 4.79 Å². The molecule has 0 aliphatic rings. The van der Waals surface area contributed by atoms with Crippen LogP contribution in [0.25, 0.3) is 11.1 Å². The highest BCUT2D eigenvalue weighted by Gasteiger charge is 2.11. The first-order valence-electron chi connectivity index (χ1n) is 4.07. The van der Waals surface area contributed by atoms with Gasteiger partial charge in [0.1, 0.15) is 11.2 Å². The number of aromatic amines is 1. The summed E-state index contributed by atoms with van der Waals surface area (Å²) in [5, 5.41) is 4.22. The van der Waals surface area contributed by atoms with Crippen LogP contribution in [0.15, 0.2) is 9.32 Å². The summed E-state index contributed by atoms with van der Waals surface area (Å²) in [6.07, 6.45) is 0.667. The number of aryl methyl sites for hydroxylation is 2. The summed E-state index contributed by atoms with van der Waals surface area (Å²) in [5.41, 5.74) is 0.794. The summed E-state index contributed by atoms with van der Waals surface area (Å²) in [7, 11) is 0. The number of aromatic nitrogens is 3. The molecule has 2 rings (SSSR count). The quantitative estimate of drug-likeness (QED) is 0.702. The third kappa shape index (κ3) is 1.12. The van der Waals surface area contributed by atoms with Crippen LogP contribution in [0.5, 0.6) is 0 Å². The number of H-pyrrole nitrogens is 1. The standard InChI is InChI=1S/C8H9N3O2/c1-3-5-6-7(12)9-4(2)10-8(6)13-11-5/h3H2,1-2H3,(H,9,10,12). The van der Waals surface area contributed by atoms with Gasteiger partial charge in [-0.25, -0.2) is 0 Å². The van der Waals surface area contributed by atoms with Crippen LogP contribution in [0.3, 0.4) is 0 Å². The highest BCUT2D eigenvalue weighted by Crippen LogP contribution is 2.11. The Labute approximate surface area is 73.8 Å². The van der Waals surface area contributed by atoms with Gasteiger partial charge in [0.15, 0.2) is 0 Å². The van der Waals surface area contributed by atoms with Crippen molar-refractivity contribution in [3.8, 4) is 0 Å². The molecule has 0 aliphatic heterocycles. The topological polar surface area (TPSA) is 71.8 Å². The molecule has 0 radical (unpaired) electrons. The lowest BCUT2D eigenvalue weighted by molar-refractivity contribution is 0.439. The van der Waals surface area contributed by atoms with E-state index in [2.05, 4.69) is 15.1 Å². The number of nitrogens with one attached hydrogen (secondary N) is 1. The van der Waals surface area contributed by atoms with E-state index in [-0.39, 0.29) is 5.56 Å². The Morgan fingerprint density at radius 2 is 2.31 bits per heavy atom. The molecule has 5 nitrogen and oxygen atoms in total. The van der Waals surface area contributed by atoms with Crippen LogP contribution in [0.1, 0.15) is 18.4 Å². The van der Waals surface area contributed by atoms with E-state index in [1.807, 2.05) is 6.92 Å². The summed E-state index contributed by atoms with van der Waals surface area (Å²) in [6.45, 7) is 3.62. The first-order valence-corrected chi connectivity index (χ1v) is 4.07. The van der Waals surface area contributed by atoms with Crippen molar-refractivity contribution in [1.29, 1.82) is 0 Å². The van der Waals surface area contributed by atoms with Crippen molar-refractivity contribution in [3.05, 3.63) is 21.9 Å². The van der Waals surface area contributed by atoms with E-state index in [0.29, 0.717) is 29.0 Å². The van der Waals surface area contributed by atoms with Crippen molar-refractivity contribution in [2.45, 2.75) is 20.3 Å². The highest BCUT2D eigenvalue weighted by atomic mass is 16.5. The number of hydrogen-bond donors (Lipinski definition) is 1. The predicted molar refractivity (Wildman–Crippen MR) is 46.5 cm³/mol. The molecule has 0 bridgehead atoms. The maximum atomic E-state index is 11.4. The number of fused-ring (bicyclic) bond motifs is 1. The Morgan fingerprint density at radius 3 is 3.00 bits per heavy atom. The first kappa shape index (κ1) is 7.97. The van der Waals surface area contributed by atoms with Crippen LogP contribution in [-0.4, -0.2) is 15.1 Å². The Balaban J connectivity index is 2.90. The van der Waals surface area contributed by atoms with Crippen LogP contribution in [0.2, 0.25) is 0 Å². The molecule has 2 heterocycles. The van der Waals surface area contributed by atoms with Gasteiger partial charge in [0.05, 0.1) is 5.69 Å². The molecular weight excluding hydrogens is 170 g/mol. The summed E-state index contributed by atoms with van der Waals surface area (Å²) in [4.78, 5) is 18.1. The fourth-order valence-corrected chi connectivity index (χ4v) is 1.27. The SMILES string of the molecule is CCc1noc2nc(C)[nH]c(=O)c12. The fourth-order valence-electron chi connectivity index (χ4n) is 1.27. The maximum absolute atomic E-state index is 11.4. The van der Waals surface area contributed by atoms with Crippen LogP contribution in [0.4, 0.5) is 0 Å². The van der Waals surface area contributed by atoms with Crippen LogP contribution in [-0.2, 0) is 6.42 Å². The van der Waals surface area contributed by atoms with Crippen LogP contribution >= 0.6 is 0 Å². The van der Waals surface area contributed by atoms with Crippen molar-refractivity contribution >= 4 is 11.1 Å². The molecule has 13 heavy (non-hydrogen) atoms. The van der Waals surface area contributed by atoms with Gasteiger partial charge in [-0.05, 0) is 13.3 Å². The average molecular weight is 179 g/mol. The molecule has 5 heteroatoms. The zero-order valence-corrected chi connectivity index (χ0v) is 7.42. The number of nitrogens with zero attached hydrogens (tertiary/aromatic N) is 2. The molecule has 68 valence electrons. The van der Waals surface area contributed by atoms with Gasteiger partial charge in [-0.15, -0.1) is 0 Å². The Kier molecular flexibility index (Phi) is 1.65. The van der Waals surface area contributed by atoms with E-state index < -0.39 is 0 Å². The minimum absolute atomic E-state index is 0.180. The van der Waals surface area contributed by atoms with Gasteiger partial charge >= 0.3 is 0 Å². The van der Waals surface area contributed by atoms with Gasteiger partial charge in [-0.3, -0.25) is 4.79 Å².